The second kappa shape index (κ2) is 5.75. The molecule has 1 fully saturated rings. The molecule has 1 nitrogen and oxygen atoms in total. The van der Waals surface area contributed by atoms with Crippen LogP contribution in [0.25, 0.3) is 0 Å². The van der Waals surface area contributed by atoms with Crippen LogP contribution in [-0.4, -0.2) is 6.54 Å². The SMILES string of the molecule is CC1CCC(CNCc2cc3c(s2)CCC3)CC1. The monoisotopic (exact) mass is 263 g/mol. The molecule has 2 heteroatoms. The maximum absolute atomic E-state index is 3.69. The Balaban J connectivity index is 1.41. The standard InChI is InChI=1S/C16H25NS/c1-12-5-7-13(8-6-12)10-17-11-15-9-14-3-2-4-16(14)18-15/h9,12-13,17H,2-8,10-11H2,1H3. The van der Waals surface area contributed by atoms with E-state index in [0.29, 0.717) is 0 Å². The molecule has 3 rings (SSSR count). The minimum Gasteiger partial charge on any atom is -0.312 e. The molecule has 0 radical (unpaired) electrons. The molecule has 1 heterocycles. The van der Waals surface area contributed by atoms with E-state index in [-0.39, 0.29) is 0 Å². The molecule has 0 atom stereocenters. The van der Waals surface area contributed by atoms with Crippen molar-refractivity contribution in [3.05, 3.63) is 21.4 Å². The summed E-state index contributed by atoms with van der Waals surface area (Å²) in [5, 5.41) is 3.69. The Hall–Kier alpha value is -0.340. The van der Waals surface area contributed by atoms with Crippen molar-refractivity contribution in [3.63, 3.8) is 0 Å². The summed E-state index contributed by atoms with van der Waals surface area (Å²) in [6.07, 6.45) is 9.81. The predicted molar refractivity (Wildman–Crippen MR) is 79.2 cm³/mol. The largest absolute Gasteiger partial charge is 0.312 e. The zero-order valence-electron chi connectivity index (χ0n) is 11.5. The Labute approximate surface area is 115 Å². The van der Waals surface area contributed by atoms with Crippen molar-refractivity contribution in [2.45, 2.75) is 58.4 Å². The summed E-state index contributed by atoms with van der Waals surface area (Å²) in [7, 11) is 0. The summed E-state index contributed by atoms with van der Waals surface area (Å²) in [6, 6.07) is 2.45. The van der Waals surface area contributed by atoms with E-state index in [2.05, 4.69) is 18.3 Å². The van der Waals surface area contributed by atoms with Crippen molar-refractivity contribution in [1.29, 1.82) is 0 Å². The summed E-state index contributed by atoms with van der Waals surface area (Å²) >= 11 is 2.05. The fourth-order valence-electron chi connectivity index (χ4n) is 3.41. The van der Waals surface area contributed by atoms with Crippen molar-refractivity contribution in [2.75, 3.05) is 6.54 Å². The Morgan fingerprint density at radius 1 is 1.22 bits per heavy atom. The maximum Gasteiger partial charge on any atom is 0.0300 e. The van der Waals surface area contributed by atoms with Crippen LogP contribution in [0.4, 0.5) is 0 Å². The highest BCUT2D eigenvalue weighted by Crippen LogP contribution is 2.31. The average Bonchev–Trinajstić information content (AvgIpc) is 2.92. The first-order chi connectivity index (χ1) is 8.81. The Kier molecular flexibility index (Phi) is 4.05. The lowest BCUT2D eigenvalue weighted by Gasteiger charge is -2.26. The van der Waals surface area contributed by atoms with Gasteiger partial charge in [0, 0.05) is 16.3 Å². The molecule has 2 aliphatic rings. The number of hydrogen-bond donors (Lipinski definition) is 1. The van der Waals surface area contributed by atoms with Gasteiger partial charge in [-0.2, -0.15) is 0 Å². The molecular formula is C16H25NS. The normalized spacial score (nSPS) is 27.4. The lowest BCUT2D eigenvalue weighted by Crippen LogP contribution is -2.25. The number of hydrogen-bond acceptors (Lipinski definition) is 2. The third-order valence-corrected chi connectivity index (χ3v) is 5.90. The van der Waals surface area contributed by atoms with Crippen molar-refractivity contribution in [1.82, 2.24) is 5.32 Å². The van der Waals surface area contributed by atoms with Crippen molar-refractivity contribution in [3.8, 4) is 0 Å². The van der Waals surface area contributed by atoms with Gasteiger partial charge in [0.15, 0.2) is 0 Å². The van der Waals surface area contributed by atoms with E-state index < -0.39 is 0 Å². The Bertz CT molecular complexity index is 366. The second-order valence-electron chi connectivity index (χ2n) is 6.27. The summed E-state index contributed by atoms with van der Waals surface area (Å²) in [4.78, 5) is 3.22. The second-order valence-corrected chi connectivity index (χ2v) is 7.49. The van der Waals surface area contributed by atoms with Crippen LogP contribution in [0.5, 0.6) is 0 Å². The highest BCUT2D eigenvalue weighted by Gasteiger charge is 2.18. The van der Waals surface area contributed by atoms with Crippen LogP contribution < -0.4 is 5.32 Å². The number of thiophene rings is 1. The van der Waals surface area contributed by atoms with E-state index in [1.165, 1.54) is 51.5 Å². The Morgan fingerprint density at radius 2 is 2.06 bits per heavy atom. The average molecular weight is 263 g/mol. The first-order valence-electron chi connectivity index (χ1n) is 7.62. The highest BCUT2D eigenvalue weighted by molar-refractivity contribution is 7.12. The molecule has 0 bridgehead atoms. The number of nitrogens with one attached hydrogen (secondary N) is 1. The van der Waals surface area contributed by atoms with Gasteiger partial charge in [0.25, 0.3) is 0 Å². The lowest BCUT2D eigenvalue weighted by atomic mass is 9.83. The summed E-state index contributed by atoms with van der Waals surface area (Å²) in [6.45, 7) is 4.73. The molecule has 18 heavy (non-hydrogen) atoms. The summed E-state index contributed by atoms with van der Waals surface area (Å²) in [5.74, 6) is 1.91. The van der Waals surface area contributed by atoms with Gasteiger partial charge >= 0.3 is 0 Å². The van der Waals surface area contributed by atoms with E-state index in [1.54, 1.807) is 15.3 Å². The first kappa shape index (κ1) is 12.7. The predicted octanol–water partition coefficient (Wildman–Crippen LogP) is 4.15. The fraction of sp³-hybridized carbons (Fsp3) is 0.750. The summed E-state index contributed by atoms with van der Waals surface area (Å²) < 4.78 is 0. The van der Waals surface area contributed by atoms with E-state index in [9.17, 15) is 0 Å². The molecule has 0 aliphatic heterocycles. The van der Waals surface area contributed by atoms with Gasteiger partial charge in [-0.25, -0.2) is 0 Å². The number of fused-ring (bicyclic) bond motifs is 1. The third-order valence-electron chi connectivity index (χ3n) is 4.67. The third kappa shape index (κ3) is 2.97. The van der Waals surface area contributed by atoms with Gasteiger partial charge in [-0.15, -0.1) is 11.3 Å². The van der Waals surface area contributed by atoms with Gasteiger partial charge in [-0.05, 0) is 62.1 Å². The van der Waals surface area contributed by atoms with E-state index >= 15 is 0 Å². The van der Waals surface area contributed by atoms with Crippen molar-refractivity contribution < 1.29 is 0 Å². The minimum absolute atomic E-state index is 0.938. The molecule has 1 aromatic heterocycles. The van der Waals surface area contributed by atoms with Crippen LogP contribution >= 0.6 is 11.3 Å². The molecule has 100 valence electrons. The first-order valence-corrected chi connectivity index (χ1v) is 8.44. The van der Waals surface area contributed by atoms with Crippen LogP contribution in [0.15, 0.2) is 6.07 Å². The molecule has 1 aromatic rings. The van der Waals surface area contributed by atoms with Gasteiger partial charge in [-0.1, -0.05) is 19.8 Å². The van der Waals surface area contributed by atoms with E-state index in [1.807, 2.05) is 11.3 Å². The molecule has 1 saturated carbocycles. The van der Waals surface area contributed by atoms with Crippen LogP contribution in [-0.2, 0) is 19.4 Å². The van der Waals surface area contributed by atoms with Gasteiger partial charge in [0.2, 0.25) is 0 Å². The lowest BCUT2D eigenvalue weighted by molar-refractivity contribution is 0.281. The fourth-order valence-corrected chi connectivity index (χ4v) is 4.64. The van der Waals surface area contributed by atoms with Gasteiger partial charge in [-0.3, -0.25) is 0 Å². The summed E-state index contributed by atoms with van der Waals surface area (Å²) in [5.41, 5.74) is 1.64. The van der Waals surface area contributed by atoms with Crippen LogP contribution in [0.3, 0.4) is 0 Å². The van der Waals surface area contributed by atoms with Crippen molar-refractivity contribution >= 4 is 11.3 Å². The molecule has 0 unspecified atom stereocenters. The number of aryl methyl sites for hydroxylation is 2. The van der Waals surface area contributed by atoms with E-state index in [4.69, 9.17) is 0 Å². The smallest absolute Gasteiger partial charge is 0.0300 e. The minimum atomic E-state index is 0.938. The quantitative estimate of drug-likeness (QED) is 0.860. The number of rotatable bonds is 4. The topological polar surface area (TPSA) is 12.0 Å². The van der Waals surface area contributed by atoms with Crippen LogP contribution in [0.1, 0.15) is 54.3 Å². The molecular weight excluding hydrogens is 238 g/mol. The molecule has 0 amide bonds. The molecule has 0 saturated heterocycles. The highest BCUT2D eigenvalue weighted by atomic mass is 32.1. The van der Waals surface area contributed by atoms with Crippen LogP contribution in [0, 0.1) is 11.8 Å². The van der Waals surface area contributed by atoms with Gasteiger partial charge in [0.05, 0.1) is 0 Å². The van der Waals surface area contributed by atoms with Gasteiger partial charge in [0.1, 0.15) is 0 Å². The maximum atomic E-state index is 3.69. The van der Waals surface area contributed by atoms with Gasteiger partial charge < -0.3 is 5.32 Å². The van der Waals surface area contributed by atoms with Crippen molar-refractivity contribution in [2.24, 2.45) is 11.8 Å². The Morgan fingerprint density at radius 3 is 2.83 bits per heavy atom. The molecule has 1 N–H and O–H groups in total. The van der Waals surface area contributed by atoms with Crippen LogP contribution in [0.2, 0.25) is 0 Å². The zero-order valence-corrected chi connectivity index (χ0v) is 12.3. The van der Waals surface area contributed by atoms with E-state index in [0.717, 1.165) is 18.4 Å². The molecule has 0 aromatic carbocycles. The molecule has 0 spiro atoms. The zero-order chi connectivity index (χ0) is 12.4. The molecule has 2 aliphatic carbocycles.